The van der Waals surface area contributed by atoms with Crippen LogP contribution in [0, 0.1) is 0 Å². The van der Waals surface area contributed by atoms with Gasteiger partial charge in [0.2, 0.25) is 0 Å². The summed E-state index contributed by atoms with van der Waals surface area (Å²) in [5.74, 6) is 0.543. The number of rotatable bonds is 5. The highest BCUT2D eigenvalue weighted by molar-refractivity contribution is 7.33. The van der Waals surface area contributed by atoms with Gasteiger partial charge in [-0.3, -0.25) is 0 Å². The van der Waals surface area contributed by atoms with E-state index in [0.29, 0.717) is 5.75 Å². The Morgan fingerprint density at radius 1 is 0.882 bits per heavy atom. The number of para-hydroxylation sites is 1. The Balaban J connectivity index is 1.83. The summed E-state index contributed by atoms with van der Waals surface area (Å²) < 4.78 is 21.7. The van der Waals surface area contributed by atoms with E-state index in [1.54, 1.807) is 12.1 Å². The first kappa shape index (κ1) is 11.8. The van der Waals surface area contributed by atoms with Crippen molar-refractivity contribution in [1.82, 2.24) is 0 Å². The van der Waals surface area contributed by atoms with Crippen molar-refractivity contribution >= 4 is 8.25 Å². The Hall–Kier alpha value is -1.70. The van der Waals surface area contributed by atoms with Gasteiger partial charge in [-0.1, -0.05) is 48.5 Å². The maximum Gasteiger partial charge on any atom is 0.750 e. The normalized spacial score (nSPS) is 10.9. The Morgan fingerprint density at radius 2 is 1.47 bits per heavy atom. The lowest BCUT2D eigenvalue weighted by Crippen LogP contribution is -1.88. The molecule has 1 unspecified atom stereocenters. The summed E-state index contributed by atoms with van der Waals surface area (Å²) in [5.41, 5.74) is 0.965. The van der Waals surface area contributed by atoms with Crippen LogP contribution in [0.4, 0.5) is 0 Å². The molecule has 0 saturated heterocycles. The first-order valence-electron chi connectivity index (χ1n) is 5.22. The van der Waals surface area contributed by atoms with Gasteiger partial charge in [0.15, 0.2) is 5.75 Å². The Labute approximate surface area is 101 Å². The largest absolute Gasteiger partial charge is 0.750 e. The van der Waals surface area contributed by atoms with Crippen molar-refractivity contribution in [3.63, 3.8) is 0 Å². The van der Waals surface area contributed by atoms with Crippen LogP contribution in [0.25, 0.3) is 0 Å². The molecule has 2 rings (SSSR count). The first-order chi connectivity index (χ1) is 8.34. The van der Waals surface area contributed by atoms with Crippen LogP contribution in [0.3, 0.4) is 0 Å². The fourth-order valence-corrected chi connectivity index (χ4v) is 1.90. The number of hydrogen-bond donors (Lipinski definition) is 0. The lowest BCUT2D eigenvalue weighted by Gasteiger charge is -1.94. The van der Waals surface area contributed by atoms with Gasteiger partial charge in [0, 0.05) is 4.57 Å². The summed E-state index contributed by atoms with van der Waals surface area (Å²) in [5, 5.41) is 0. The molecule has 0 aliphatic heterocycles. The average Bonchev–Trinajstić information content (AvgIpc) is 2.39. The van der Waals surface area contributed by atoms with Crippen molar-refractivity contribution in [2.24, 2.45) is 0 Å². The van der Waals surface area contributed by atoms with Gasteiger partial charge >= 0.3 is 8.25 Å². The van der Waals surface area contributed by atoms with E-state index >= 15 is 0 Å². The summed E-state index contributed by atoms with van der Waals surface area (Å²) in [6, 6.07) is 18.5. The average molecular weight is 247 g/mol. The molecular weight excluding hydrogens is 235 g/mol. The summed E-state index contributed by atoms with van der Waals surface area (Å²) in [7, 11) is -2.13. The first-order valence-corrected chi connectivity index (χ1v) is 6.31. The van der Waals surface area contributed by atoms with E-state index in [2.05, 4.69) is 0 Å². The van der Waals surface area contributed by atoms with Gasteiger partial charge in [0.05, 0.1) is 0 Å². The molecule has 0 aliphatic carbocycles. The van der Waals surface area contributed by atoms with Crippen LogP contribution in [-0.4, -0.2) is 0 Å². The molecule has 0 amide bonds. The maximum atomic E-state index is 11.5. The predicted octanol–water partition coefficient (Wildman–Crippen LogP) is 3.94. The molecular formula is C13H12O3P+. The molecule has 0 fully saturated rings. The second-order valence-corrected chi connectivity index (χ2v) is 4.27. The molecule has 2 aromatic carbocycles. The van der Waals surface area contributed by atoms with Crippen LogP contribution in [-0.2, 0) is 15.7 Å². The second kappa shape index (κ2) is 6.14. The van der Waals surface area contributed by atoms with Gasteiger partial charge in [0.25, 0.3) is 0 Å². The maximum absolute atomic E-state index is 11.5. The lowest BCUT2D eigenvalue weighted by atomic mass is 10.2. The minimum atomic E-state index is -2.13. The van der Waals surface area contributed by atoms with Gasteiger partial charge in [-0.25, -0.2) is 4.52 Å². The van der Waals surface area contributed by atoms with Gasteiger partial charge in [0.1, 0.15) is 6.61 Å². The van der Waals surface area contributed by atoms with Gasteiger partial charge in [-0.05, 0) is 17.7 Å². The molecule has 0 saturated carbocycles. The third-order valence-corrected chi connectivity index (χ3v) is 2.80. The van der Waals surface area contributed by atoms with E-state index in [-0.39, 0.29) is 6.61 Å². The smallest absolute Gasteiger partial charge is 0.229 e. The van der Waals surface area contributed by atoms with E-state index in [1.807, 2.05) is 48.5 Å². The molecule has 0 aromatic heterocycles. The van der Waals surface area contributed by atoms with Crippen LogP contribution in [0.15, 0.2) is 60.7 Å². The van der Waals surface area contributed by atoms with E-state index < -0.39 is 8.25 Å². The summed E-state index contributed by atoms with van der Waals surface area (Å²) in [6.45, 7) is 0.281. The minimum absolute atomic E-state index is 0.281. The Kier molecular flexibility index (Phi) is 4.25. The van der Waals surface area contributed by atoms with Crippen LogP contribution < -0.4 is 4.52 Å². The highest BCUT2D eigenvalue weighted by Gasteiger charge is 2.21. The number of hydrogen-bond acceptors (Lipinski definition) is 3. The van der Waals surface area contributed by atoms with Gasteiger partial charge in [-0.2, -0.15) is 0 Å². The fourth-order valence-electron chi connectivity index (χ4n) is 1.30. The van der Waals surface area contributed by atoms with Gasteiger partial charge < -0.3 is 0 Å². The fraction of sp³-hybridized carbons (Fsp3) is 0.0769. The molecule has 0 heterocycles. The highest BCUT2D eigenvalue weighted by Crippen LogP contribution is 2.28. The molecule has 3 nitrogen and oxygen atoms in total. The van der Waals surface area contributed by atoms with E-state index in [0.717, 1.165) is 5.56 Å². The minimum Gasteiger partial charge on any atom is -0.229 e. The van der Waals surface area contributed by atoms with Crippen molar-refractivity contribution in [3.05, 3.63) is 66.2 Å². The van der Waals surface area contributed by atoms with E-state index in [1.165, 1.54) is 0 Å². The topological polar surface area (TPSA) is 35.5 Å². The summed E-state index contributed by atoms with van der Waals surface area (Å²) >= 11 is 0. The van der Waals surface area contributed by atoms with Crippen LogP contribution in [0.2, 0.25) is 0 Å². The zero-order valence-electron chi connectivity index (χ0n) is 9.15. The van der Waals surface area contributed by atoms with Crippen LogP contribution in [0.1, 0.15) is 5.56 Å². The summed E-state index contributed by atoms with van der Waals surface area (Å²) in [4.78, 5) is 0. The van der Waals surface area contributed by atoms with Gasteiger partial charge in [-0.15, -0.1) is 4.52 Å². The molecule has 0 bridgehead atoms. The summed E-state index contributed by atoms with van der Waals surface area (Å²) in [6.07, 6.45) is 0. The quantitative estimate of drug-likeness (QED) is 0.750. The zero-order valence-corrected chi connectivity index (χ0v) is 10.0. The van der Waals surface area contributed by atoms with Crippen molar-refractivity contribution < 1.29 is 13.6 Å². The second-order valence-electron chi connectivity index (χ2n) is 3.39. The molecule has 2 aromatic rings. The molecule has 0 aliphatic rings. The lowest BCUT2D eigenvalue weighted by molar-refractivity contribution is 0.277. The van der Waals surface area contributed by atoms with Crippen molar-refractivity contribution in [3.8, 4) is 5.75 Å². The Morgan fingerprint density at radius 3 is 2.12 bits per heavy atom. The van der Waals surface area contributed by atoms with Crippen molar-refractivity contribution in [2.75, 3.05) is 0 Å². The van der Waals surface area contributed by atoms with Crippen LogP contribution >= 0.6 is 8.25 Å². The number of benzene rings is 2. The third kappa shape index (κ3) is 3.99. The van der Waals surface area contributed by atoms with E-state index in [4.69, 9.17) is 9.05 Å². The Bertz CT molecular complexity index is 471. The van der Waals surface area contributed by atoms with Crippen LogP contribution in [0.5, 0.6) is 5.75 Å². The SMILES string of the molecule is O=[P+](OCc1ccccc1)Oc1ccccc1. The molecule has 4 heteroatoms. The predicted molar refractivity (Wildman–Crippen MR) is 65.9 cm³/mol. The third-order valence-electron chi connectivity index (χ3n) is 2.10. The molecule has 0 radical (unpaired) electrons. The van der Waals surface area contributed by atoms with E-state index in [9.17, 15) is 4.57 Å². The molecule has 0 spiro atoms. The monoisotopic (exact) mass is 247 g/mol. The molecule has 0 N–H and O–H groups in total. The van der Waals surface area contributed by atoms with Crippen molar-refractivity contribution in [1.29, 1.82) is 0 Å². The highest BCUT2D eigenvalue weighted by atomic mass is 31.1. The molecule has 1 atom stereocenters. The standard InChI is InChI=1S/C13H12O3P/c14-17(16-13-9-5-2-6-10-13)15-11-12-7-3-1-4-8-12/h1-10H,11H2/q+1. The zero-order chi connectivity index (χ0) is 11.9. The van der Waals surface area contributed by atoms with Crippen molar-refractivity contribution in [2.45, 2.75) is 6.61 Å². The molecule has 17 heavy (non-hydrogen) atoms. The molecule has 86 valence electrons.